The molecule has 0 amide bonds. The maximum absolute atomic E-state index is 10.7. The van der Waals surface area contributed by atoms with E-state index in [4.69, 9.17) is 9.84 Å². The van der Waals surface area contributed by atoms with Gasteiger partial charge in [-0.2, -0.15) is 0 Å². The number of carbonyl (C=O) groups excluding carboxylic acids is 1. The van der Waals surface area contributed by atoms with Crippen molar-refractivity contribution in [1.82, 2.24) is 0 Å². The lowest BCUT2D eigenvalue weighted by atomic mass is 9.99. The molecule has 1 rings (SSSR count). The van der Waals surface area contributed by atoms with Crippen LogP contribution in [-0.2, 0) is 14.3 Å². The molecular formula is C14H22O6. The SMILES string of the molecule is C=C(C)C(=O)O.C=CC(=O)OCCC1(O)CCC(O)C1. The van der Waals surface area contributed by atoms with Crippen LogP contribution >= 0.6 is 0 Å². The fraction of sp³-hybridized carbons (Fsp3) is 0.571. The highest BCUT2D eigenvalue weighted by molar-refractivity contribution is 5.84. The first-order valence-electron chi connectivity index (χ1n) is 6.28. The Kier molecular flexibility index (Phi) is 7.79. The molecule has 0 aromatic carbocycles. The summed E-state index contributed by atoms with van der Waals surface area (Å²) in [6.07, 6.45) is 2.61. The Morgan fingerprint density at radius 1 is 1.50 bits per heavy atom. The lowest BCUT2D eigenvalue weighted by Gasteiger charge is -2.21. The topological polar surface area (TPSA) is 104 Å². The van der Waals surface area contributed by atoms with Crippen molar-refractivity contribution in [3.63, 3.8) is 0 Å². The van der Waals surface area contributed by atoms with Crippen LogP contribution in [0.2, 0.25) is 0 Å². The third-order valence-electron chi connectivity index (χ3n) is 2.90. The number of ether oxygens (including phenoxy) is 1. The van der Waals surface area contributed by atoms with Gasteiger partial charge in [0.15, 0.2) is 0 Å². The molecule has 6 nitrogen and oxygen atoms in total. The number of aliphatic hydroxyl groups is 2. The van der Waals surface area contributed by atoms with Gasteiger partial charge in [-0.15, -0.1) is 0 Å². The van der Waals surface area contributed by atoms with E-state index in [0.29, 0.717) is 25.7 Å². The minimum Gasteiger partial charge on any atom is -0.478 e. The Balaban J connectivity index is 0.000000511. The van der Waals surface area contributed by atoms with Crippen molar-refractivity contribution < 1.29 is 29.6 Å². The number of rotatable bonds is 5. The van der Waals surface area contributed by atoms with Gasteiger partial charge >= 0.3 is 11.9 Å². The molecule has 6 heteroatoms. The predicted molar refractivity (Wildman–Crippen MR) is 73.0 cm³/mol. The molecule has 114 valence electrons. The van der Waals surface area contributed by atoms with Gasteiger partial charge in [0.1, 0.15) is 0 Å². The minimum absolute atomic E-state index is 0.175. The Labute approximate surface area is 118 Å². The average Bonchev–Trinajstić information content (AvgIpc) is 2.69. The van der Waals surface area contributed by atoms with Crippen LogP contribution in [0.25, 0.3) is 0 Å². The van der Waals surface area contributed by atoms with Gasteiger partial charge in [-0.05, 0) is 19.8 Å². The van der Waals surface area contributed by atoms with Crippen LogP contribution in [0.5, 0.6) is 0 Å². The van der Waals surface area contributed by atoms with Crippen LogP contribution < -0.4 is 0 Å². The zero-order chi connectivity index (χ0) is 15.8. The van der Waals surface area contributed by atoms with Crippen molar-refractivity contribution in [3.8, 4) is 0 Å². The van der Waals surface area contributed by atoms with Gasteiger partial charge in [0.05, 0.1) is 18.3 Å². The third-order valence-corrected chi connectivity index (χ3v) is 2.90. The standard InChI is InChI=1S/C10H16O4.C4H6O2/c1-2-9(12)14-6-5-10(13)4-3-8(11)7-10;1-3(2)4(5)6/h2,8,11,13H,1,3-7H2;1H2,2H3,(H,5,6). The van der Waals surface area contributed by atoms with E-state index >= 15 is 0 Å². The second kappa shape index (κ2) is 8.50. The first kappa shape index (κ1) is 18.3. The van der Waals surface area contributed by atoms with E-state index in [-0.39, 0.29) is 12.2 Å². The summed E-state index contributed by atoms with van der Waals surface area (Å²) in [5.74, 6) is -1.41. The van der Waals surface area contributed by atoms with Crippen LogP contribution in [0.4, 0.5) is 0 Å². The lowest BCUT2D eigenvalue weighted by molar-refractivity contribution is -0.139. The highest BCUT2D eigenvalue weighted by atomic mass is 16.5. The van der Waals surface area contributed by atoms with Gasteiger partial charge < -0.3 is 20.1 Å². The molecule has 0 spiro atoms. The van der Waals surface area contributed by atoms with Crippen molar-refractivity contribution in [2.75, 3.05) is 6.61 Å². The summed E-state index contributed by atoms with van der Waals surface area (Å²) < 4.78 is 4.75. The summed E-state index contributed by atoms with van der Waals surface area (Å²) in [5.41, 5.74) is -0.684. The van der Waals surface area contributed by atoms with Gasteiger partial charge in [-0.1, -0.05) is 13.2 Å². The van der Waals surface area contributed by atoms with E-state index < -0.39 is 23.6 Å². The second-order valence-electron chi connectivity index (χ2n) is 4.83. The number of carbonyl (C=O) groups is 2. The molecule has 0 aromatic rings. The van der Waals surface area contributed by atoms with Crippen LogP contribution in [0.1, 0.15) is 32.6 Å². The maximum Gasteiger partial charge on any atom is 0.330 e. The quantitative estimate of drug-likeness (QED) is 0.515. The average molecular weight is 286 g/mol. The number of aliphatic carboxylic acids is 1. The fourth-order valence-corrected chi connectivity index (χ4v) is 1.71. The summed E-state index contributed by atoms with van der Waals surface area (Å²) in [7, 11) is 0. The van der Waals surface area contributed by atoms with Crippen molar-refractivity contribution in [2.24, 2.45) is 0 Å². The fourth-order valence-electron chi connectivity index (χ4n) is 1.71. The molecule has 2 unspecified atom stereocenters. The molecule has 0 aliphatic heterocycles. The molecule has 20 heavy (non-hydrogen) atoms. The maximum atomic E-state index is 10.7. The van der Waals surface area contributed by atoms with Crippen LogP contribution in [-0.4, -0.2) is 45.6 Å². The summed E-state index contributed by atoms with van der Waals surface area (Å²) in [4.78, 5) is 20.3. The number of aliphatic hydroxyl groups excluding tert-OH is 1. The summed E-state index contributed by atoms with van der Waals surface area (Å²) in [5, 5.41) is 27.0. The Bertz CT molecular complexity index is 364. The van der Waals surface area contributed by atoms with Crippen LogP contribution in [0, 0.1) is 0 Å². The summed E-state index contributed by atoms with van der Waals surface area (Å²) in [6.45, 7) is 8.04. The van der Waals surface area contributed by atoms with E-state index in [1.54, 1.807) is 0 Å². The number of hydrogen-bond acceptors (Lipinski definition) is 5. The normalized spacial score (nSPS) is 24.2. The van der Waals surface area contributed by atoms with Crippen molar-refractivity contribution in [3.05, 3.63) is 24.8 Å². The molecular weight excluding hydrogens is 264 g/mol. The van der Waals surface area contributed by atoms with Crippen molar-refractivity contribution >= 4 is 11.9 Å². The summed E-state index contributed by atoms with van der Waals surface area (Å²) in [6, 6.07) is 0. The lowest BCUT2D eigenvalue weighted by Crippen LogP contribution is -2.27. The molecule has 0 radical (unpaired) electrons. The zero-order valence-corrected chi connectivity index (χ0v) is 11.7. The van der Waals surface area contributed by atoms with Gasteiger partial charge in [-0.3, -0.25) is 0 Å². The van der Waals surface area contributed by atoms with E-state index in [1.807, 2.05) is 0 Å². The molecule has 1 aliphatic rings. The molecule has 0 saturated heterocycles. The number of carboxylic acid groups (broad SMARTS) is 1. The molecule has 0 aromatic heterocycles. The Morgan fingerprint density at radius 3 is 2.40 bits per heavy atom. The molecule has 0 bridgehead atoms. The first-order valence-corrected chi connectivity index (χ1v) is 6.28. The zero-order valence-electron chi connectivity index (χ0n) is 11.7. The highest BCUT2D eigenvalue weighted by Gasteiger charge is 2.36. The Morgan fingerprint density at radius 2 is 2.05 bits per heavy atom. The van der Waals surface area contributed by atoms with Gasteiger partial charge in [-0.25, -0.2) is 9.59 Å². The van der Waals surface area contributed by atoms with Crippen LogP contribution in [0.15, 0.2) is 24.8 Å². The van der Waals surface area contributed by atoms with E-state index in [9.17, 15) is 19.8 Å². The summed E-state index contributed by atoms with van der Waals surface area (Å²) >= 11 is 0. The van der Waals surface area contributed by atoms with Crippen molar-refractivity contribution in [1.29, 1.82) is 0 Å². The molecule has 1 aliphatic carbocycles. The monoisotopic (exact) mass is 286 g/mol. The second-order valence-corrected chi connectivity index (χ2v) is 4.83. The van der Waals surface area contributed by atoms with E-state index in [1.165, 1.54) is 6.92 Å². The largest absolute Gasteiger partial charge is 0.478 e. The number of esters is 1. The number of carboxylic acids is 1. The first-order chi connectivity index (χ1) is 9.20. The molecule has 1 fully saturated rings. The highest BCUT2D eigenvalue weighted by Crippen LogP contribution is 2.32. The van der Waals surface area contributed by atoms with E-state index in [2.05, 4.69) is 13.2 Å². The molecule has 0 heterocycles. The Hall–Kier alpha value is -1.66. The van der Waals surface area contributed by atoms with Crippen LogP contribution in [0.3, 0.4) is 0 Å². The van der Waals surface area contributed by atoms with Gasteiger partial charge in [0.2, 0.25) is 0 Å². The predicted octanol–water partition coefficient (Wildman–Crippen LogP) is 1.03. The van der Waals surface area contributed by atoms with Gasteiger partial charge in [0, 0.05) is 24.5 Å². The third kappa shape index (κ3) is 7.70. The number of hydrogen-bond donors (Lipinski definition) is 3. The van der Waals surface area contributed by atoms with E-state index in [0.717, 1.165) is 6.08 Å². The minimum atomic E-state index is -0.935. The molecule has 2 atom stereocenters. The molecule has 3 N–H and O–H groups in total. The smallest absolute Gasteiger partial charge is 0.330 e. The van der Waals surface area contributed by atoms with Crippen molar-refractivity contribution in [2.45, 2.75) is 44.3 Å². The van der Waals surface area contributed by atoms with Gasteiger partial charge in [0.25, 0.3) is 0 Å². The molecule has 1 saturated carbocycles.